The number of rotatable bonds is 6. The van der Waals surface area contributed by atoms with Crippen LogP contribution in [0.25, 0.3) is 0 Å². The lowest BCUT2D eigenvalue weighted by molar-refractivity contribution is -0.138. The van der Waals surface area contributed by atoms with Gasteiger partial charge < -0.3 is 9.64 Å². The van der Waals surface area contributed by atoms with Gasteiger partial charge in [0.05, 0.1) is 16.5 Å². The van der Waals surface area contributed by atoms with E-state index in [0.29, 0.717) is 12.8 Å². The van der Waals surface area contributed by atoms with Gasteiger partial charge in [-0.05, 0) is 38.1 Å². The zero-order valence-electron chi connectivity index (χ0n) is 15.4. The number of carbonyl (C=O) groups excluding carboxylic acids is 2. The third-order valence-corrected chi connectivity index (χ3v) is 6.29. The number of likely N-dealkylation sites (N-methyl/N-ethyl adjacent to an activating group) is 1. The van der Waals surface area contributed by atoms with E-state index >= 15 is 0 Å². The van der Waals surface area contributed by atoms with Gasteiger partial charge in [-0.1, -0.05) is 25.3 Å². The molecular weight excluding hydrogens is 370 g/mol. The third-order valence-electron chi connectivity index (χ3n) is 4.88. The molecule has 0 atom stereocenters. The first-order chi connectivity index (χ1) is 12.8. The molecule has 146 valence electrons. The van der Waals surface area contributed by atoms with Gasteiger partial charge in [-0.3, -0.25) is 4.79 Å². The molecule has 0 aromatic heterocycles. The summed E-state index contributed by atoms with van der Waals surface area (Å²) in [4.78, 5) is 25.9. The van der Waals surface area contributed by atoms with Gasteiger partial charge in [0.25, 0.3) is 5.91 Å². The van der Waals surface area contributed by atoms with Gasteiger partial charge >= 0.3 is 5.97 Å². The molecule has 8 nitrogen and oxygen atoms in total. The second-order valence-corrected chi connectivity index (χ2v) is 8.35. The molecule has 1 aliphatic carbocycles. The van der Waals surface area contributed by atoms with E-state index in [4.69, 9.17) is 4.74 Å². The van der Waals surface area contributed by atoms with Crippen molar-refractivity contribution in [3.05, 3.63) is 29.8 Å². The van der Waals surface area contributed by atoms with Crippen LogP contribution in [-0.2, 0) is 19.6 Å². The highest BCUT2D eigenvalue weighted by Crippen LogP contribution is 2.32. The lowest BCUT2D eigenvalue weighted by Crippen LogP contribution is -2.51. The van der Waals surface area contributed by atoms with Crippen LogP contribution in [-0.4, -0.2) is 51.4 Å². The number of nitrogens with zero attached hydrogens (tertiary/aromatic N) is 2. The predicted molar refractivity (Wildman–Crippen MR) is 97.2 cm³/mol. The Morgan fingerprint density at radius 2 is 1.96 bits per heavy atom. The third kappa shape index (κ3) is 4.64. The van der Waals surface area contributed by atoms with Gasteiger partial charge in [0.15, 0.2) is 6.61 Å². The Bertz CT molecular complexity index is 854. The minimum absolute atomic E-state index is 0.0226. The topological polar surface area (TPSA) is 117 Å². The Morgan fingerprint density at radius 3 is 2.56 bits per heavy atom. The van der Waals surface area contributed by atoms with Crippen molar-refractivity contribution in [3.63, 3.8) is 0 Å². The van der Waals surface area contributed by atoms with Crippen molar-refractivity contribution < 1.29 is 22.7 Å². The average molecular weight is 393 g/mol. The van der Waals surface area contributed by atoms with Crippen molar-refractivity contribution >= 4 is 21.9 Å². The molecule has 1 aromatic rings. The number of esters is 1. The number of sulfonamides is 1. The maximum atomic E-state index is 12.4. The molecule has 0 unspecified atom stereocenters. The summed E-state index contributed by atoms with van der Waals surface area (Å²) in [6, 6.07) is 7.59. The summed E-state index contributed by atoms with van der Waals surface area (Å²) in [5.41, 5.74) is -0.836. The van der Waals surface area contributed by atoms with E-state index < -0.39 is 34.0 Å². The minimum atomic E-state index is -3.69. The van der Waals surface area contributed by atoms with Crippen LogP contribution in [0.4, 0.5) is 0 Å². The molecule has 0 heterocycles. The van der Waals surface area contributed by atoms with Gasteiger partial charge in [0.2, 0.25) is 10.0 Å². The highest BCUT2D eigenvalue weighted by Gasteiger charge is 2.39. The van der Waals surface area contributed by atoms with E-state index in [-0.39, 0.29) is 10.5 Å². The molecule has 0 spiro atoms. The van der Waals surface area contributed by atoms with Crippen molar-refractivity contribution in [3.8, 4) is 6.07 Å². The Kier molecular flexibility index (Phi) is 6.57. The summed E-state index contributed by atoms with van der Waals surface area (Å²) in [5.74, 6) is -1.27. The van der Waals surface area contributed by atoms with E-state index in [9.17, 15) is 23.3 Å². The number of ether oxygens (including phenoxy) is 1. The second-order valence-electron chi connectivity index (χ2n) is 6.47. The normalized spacial score (nSPS) is 16.2. The second kappa shape index (κ2) is 8.50. The average Bonchev–Trinajstić information content (AvgIpc) is 2.71. The lowest BCUT2D eigenvalue weighted by Gasteiger charge is -2.38. The van der Waals surface area contributed by atoms with E-state index in [1.807, 2.05) is 0 Å². The largest absolute Gasteiger partial charge is 0.452 e. The summed E-state index contributed by atoms with van der Waals surface area (Å²) in [5, 5.41) is 9.53. The van der Waals surface area contributed by atoms with E-state index in [2.05, 4.69) is 10.8 Å². The zero-order valence-corrected chi connectivity index (χ0v) is 16.2. The van der Waals surface area contributed by atoms with Gasteiger partial charge in [0, 0.05) is 7.05 Å². The summed E-state index contributed by atoms with van der Waals surface area (Å²) in [7, 11) is -0.879. The van der Waals surface area contributed by atoms with Gasteiger partial charge in [-0.25, -0.2) is 17.9 Å². The van der Waals surface area contributed by atoms with E-state index in [1.54, 1.807) is 7.05 Å². The Labute approximate surface area is 159 Å². The monoisotopic (exact) mass is 393 g/mol. The number of hydrogen-bond acceptors (Lipinski definition) is 6. The molecule has 9 heteroatoms. The van der Waals surface area contributed by atoms with Crippen LogP contribution in [0.15, 0.2) is 29.2 Å². The molecule has 27 heavy (non-hydrogen) atoms. The number of carbonyl (C=O) groups is 2. The van der Waals surface area contributed by atoms with Crippen LogP contribution in [0.2, 0.25) is 0 Å². The summed E-state index contributed by atoms with van der Waals surface area (Å²) in [6.07, 6.45) is 3.98. The summed E-state index contributed by atoms with van der Waals surface area (Å²) < 4.78 is 30.8. The molecule has 1 aliphatic rings. The first-order valence-electron chi connectivity index (χ1n) is 8.64. The fraction of sp³-hybridized carbons (Fsp3) is 0.500. The predicted octanol–water partition coefficient (Wildman–Crippen LogP) is 1.44. The van der Waals surface area contributed by atoms with E-state index in [0.717, 1.165) is 19.3 Å². The SMILES string of the molecule is CNS(=O)(=O)c1cccc(C(=O)OCC(=O)N(C)C2(C#N)CCCCC2)c1. The lowest BCUT2D eigenvalue weighted by atomic mass is 9.81. The van der Waals surface area contributed by atoms with Crippen LogP contribution in [0.5, 0.6) is 0 Å². The number of benzene rings is 1. The van der Waals surface area contributed by atoms with Crippen LogP contribution in [0.3, 0.4) is 0 Å². The van der Waals surface area contributed by atoms with Crippen LogP contribution in [0, 0.1) is 11.3 Å². The number of hydrogen-bond donors (Lipinski definition) is 1. The maximum absolute atomic E-state index is 12.4. The van der Waals surface area contributed by atoms with Crippen molar-refractivity contribution in [2.45, 2.75) is 42.5 Å². The first kappa shape index (κ1) is 20.9. The van der Waals surface area contributed by atoms with Crippen LogP contribution < -0.4 is 4.72 Å². The van der Waals surface area contributed by atoms with Gasteiger partial charge in [-0.15, -0.1) is 0 Å². The Balaban J connectivity index is 2.04. The highest BCUT2D eigenvalue weighted by atomic mass is 32.2. The number of nitriles is 1. The molecule has 1 N–H and O–H groups in total. The van der Waals surface area contributed by atoms with Crippen LogP contribution >= 0.6 is 0 Å². The summed E-state index contributed by atoms with van der Waals surface area (Å²) in [6.45, 7) is -0.512. The van der Waals surface area contributed by atoms with Crippen molar-refractivity contribution in [1.29, 1.82) is 5.26 Å². The van der Waals surface area contributed by atoms with Crippen molar-refractivity contribution in [2.24, 2.45) is 0 Å². The molecule has 0 saturated heterocycles. The fourth-order valence-corrected chi connectivity index (χ4v) is 3.89. The molecular formula is C18H23N3O5S. The molecule has 0 radical (unpaired) electrons. The van der Waals surface area contributed by atoms with E-state index in [1.165, 1.54) is 36.2 Å². The van der Waals surface area contributed by atoms with Crippen molar-refractivity contribution in [1.82, 2.24) is 9.62 Å². The smallest absolute Gasteiger partial charge is 0.338 e. The first-order valence-corrected chi connectivity index (χ1v) is 10.1. The highest BCUT2D eigenvalue weighted by molar-refractivity contribution is 7.89. The fourth-order valence-electron chi connectivity index (χ4n) is 3.11. The molecule has 2 rings (SSSR count). The molecule has 1 amide bonds. The Hall–Kier alpha value is -2.44. The van der Waals surface area contributed by atoms with Gasteiger partial charge in [-0.2, -0.15) is 5.26 Å². The minimum Gasteiger partial charge on any atom is -0.452 e. The van der Waals surface area contributed by atoms with Gasteiger partial charge in [0.1, 0.15) is 5.54 Å². The maximum Gasteiger partial charge on any atom is 0.338 e. The molecule has 1 fully saturated rings. The van der Waals surface area contributed by atoms with Crippen molar-refractivity contribution in [2.75, 3.05) is 20.7 Å². The zero-order chi connectivity index (χ0) is 20.1. The van der Waals surface area contributed by atoms with Crippen LogP contribution in [0.1, 0.15) is 42.5 Å². The summed E-state index contributed by atoms with van der Waals surface area (Å²) >= 11 is 0. The number of nitrogens with one attached hydrogen (secondary N) is 1. The standard InChI is InChI=1S/C18H23N3O5S/c1-20-27(24,25)15-8-6-7-14(11-15)17(23)26-12-16(22)21(2)18(13-19)9-4-3-5-10-18/h6-8,11,20H,3-5,9-10,12H2,1-2H3. The molecule has 0 aliphatic heterocycles. The quantitative estimate of drug-likeness (QED) is 0.731. The number of amides is 1. The molecule has 0 bridgehead atoms. The molecule has 1 aromatic carbocycles. The molecule has 1 saturated carbocycles. The Morgan fingerprint density at radius 1 is 1.30 bits per heavy atom.